The largest absolute Gasteiger partial charge is 0.481 e. The summed E-state index contributed by atoms with van der Waals surface area (Å²) in [7, 11) is 0. The van der Waals surface area contributed by atoms with E-state index in [0.29, 0.717) is 12.2 Å². The summed E-state index contributed by atoms with van der Waals surface area (Å²) >= 11 is 3.30. The molecule has 0 saturated carbocycles. The van der Waals surface area contributed by atoms with Crippen molar-refractivity contribution in [1.82, 2.24) is 0 Å². The van der Waals surface area contributed by atoms with Crippen LogP contribution >= 0.6 is 15.9 Å². The third kappa shape index (κ3) is 4.04. The van der Waals surface area contributed by atoms with Crippen LogP contribution in [-0.4, -0.2) is 11.1 Å². The molecule has 1 unspecified atom stereocenters. The number of carboxylic acid groups (broad SMARTS) is 1. The lowest BCUT2D eigenvalue weighted by Crippen LogP contribution is -2.07. The molecule has 110 valence electrons. The number of carbonyl (C=O) groups is 1. The van der Waals surface area contributed by atoms with Gasteiger partial charge in [0.2, 0.25) is 0 Å². The summed E-state index contributed by atoms with van der Waals surface area (Å²) in [6.45, 7) is 2.11. The molecule has 2 aromatic carbocycles. The van der Waals surface area contributed by atoms with Crippen molar-refractivity contribution in [3.8, 4) is 0 Å². The Kier molecular flexibility index (Phi) is 4.96. The van der Waals surface area contributed by atoms with Gasteiger partial charge in [-0.1, -0.05) is 40.2 Å². The molecule has 2 N–H and O–H groups in total. The first-order valence-electron chi connectivity index (χ1n) is 6.48. The molecule has 0 radical (unpaired) electrons. The van der Waals surface area contributed by atoms with Crippen molar-refractivity contribution < 1.29 is 14.3 Å². The molecular formula is C16H15BrFNO2. The summed E-state index contributed by atoms with van der Waals surface area (Å²) in [5.74, 6) is -1.69. The first-order chi connectivity index (χ1) is 9.97. The number of hydrogen-bond donors (Lipinski definition) is 2. The van der Waals surface area contributed by atoms with Crippen molar-refractivity contribution in [1.29, 1.82) is 0 Å². The molecule has 0 saturated heterocycles. The molecule has 5 heteroatoms. The Morgan fingerprint density at radius 2 is 1.95 bits per heavy atom. The van der Waals surface area contributed by atoms with Crippen LogP contribution in [0.3, 0.4) is 0 Å². The van der Waals surface area contributed by atoms with Crippen LogP contribution in [0.4, 0.5) is 10.1 Å². The van der Waals surface area contributed by atoms with Crippen LogP contribution in [0.15, 0.2) is 46.9 Å². The number of benzene rings is 2. The summed E-state index contributed by atoms with van der Waals surface area (Å²) < 4.78 is 14.4. The van der Waals surface area contributed by atoms with Gasteiger partial charge in [-0.3, -0.25) is 4.79 Å². The minimum Gasteiger partial charge on any atom is -0.481 e. The number of anilines is 1. The highest BCUT2D eigenvalue weighted by molar-refractivity contribution is 9.10. The predicted molar refractivity (Wildman–Crippen MR) is 83.9 cm³/mol. The molecule has 3 nitrogen and oxygen atoms in total. The predicted octanol–water partition coefficient (Wildman–Crippen LogP) is 4.39. The first kappa shape index (κ1) is 15.5. The maximum Gasteiger partial charge on any atom is 0.310 e. The SMILES string of the molecule is CC(C(=O)O)c1ccc(CNc2cc(Br)ccc2F)cc1. The lowest BCUT2D eigenvalue weighted by atomic mass is 10.00. The van der Waals surface area contributed by atoms with E-state index in [9.17, 15) is 9.18 Å². The molecule has 2 rings (SSSR count). The lowest BCUT2D eigenvalue weighted by Gasteiger charge is -2.10. The van der Waals surface area contributed by atoms with E-state index in [1.807, 2.05) is 12.1 Å². The average Bonchev–Trinajstić information content (AvgIpc) is 2.48. The van der Waals surface area contributed by atoms with Gasteiger partial charge in [0.25, 0.3) is 0 Å². The highest BCUT2D eigenvalue weighted by Crippen LogP contribution is 2.21. The molecule has 0 aliphatic heterocycles. The quantitative estimate of drug-likeness (QED) is 0.839. The normalized spacial score (nSPS) is 12.0. The van der Waals surface area contributed by atoms with Gasteiger partial charge in [-0.2, -0.15) is 0 Å². The number of nitrogens with one attached hydrogen (secondary N) is 1. The minimum absolute atomic E-state index is 0.311. The molecule has 1 atom stereocenters. The summed E-state index contributed by atoms with van der Waals surface area (Å²) in [6, 6.07) is 12.0. The summed E-state index contributed by atoms with van der Waals surface area (Å²) in [5, 5.41) is 12.0. The van der Waals surface area contributed by atoms with Crippen LogP contribution < -0.4 is 5.32 Å². The Morgan fingerprint density at radius 1 is 1.29 bits per heavy atom. The van der Waals surface area contributed by atoms with E-state index in [1.54, 1.807) is 31.2 Å². The van der Waals surface area contributed by atoms with E-state index in [0.717, 1.165) is 15.6 Å². The van der Waals surface area contributed by atoms with Crippen LogP contribution in [0.2, 0.25) is 0 Å². The van der Waals surface area contributed by atoms with Gasteiger partial charge < -0.3 is 10.4 Å². The van der Waals surface area contributed by atoms with Gasteiger partial charge in [0, 0.05) is 11.0 Å². The number of aliphatic carboxylic acids is 1. The second-order valence-electron chi connectivity index (χ2n) is 4.78. The fraction of sp³-hybridized carbons (Fsp3) is 0.188. The third-order valence-corrected chi connectivity index (χ3v) is 3.75. The Hall–Kier alpha value is -1.88. The smallest absolute Gasteiger partial charge is 0.310 e. The van der Waals surface area contributed by atoms with E-state index >= 15 is 0 Å². The topological polar surface area (TPSA) is 49.3 Å². The Morgan fingerprint density at radius 3 is 2.57 bits per heavy atom. The van der Waals surface area contributed by atoms with Gasteiger partial charge in [0.15, 0.2) is 0 Å². The number of rotatable bonds is 5. The first-order valence-corrected chi connectivity index (χ1v) is 7.27. The maximum absolute atomic E-state index is 13.6. The van der Waals surface area contributed by atoms with E-state index in [2.05, 4.69) is 21.2 Å². The molecule has 21 heavy (non-hydrogen) atoms. The third-order valence-electron chi connectivity index (χ3n) is 3.26. The van der Waals surface area contributed by atoms with E-state index in [1.165, 1.54) is 6.07 Å². The van der Waals surface area contributed by atoms with Crippen molar-refractivity contribution in [3.63, 3.8) is 0 Å². The molecule has 0 aliphatic carbocycles. The van der Waals surface area contributed by atoms with Gasteiger partial charge in [-0.25, -0.2) is 4.39 Å². The van der Waals surface area contributed by atoms with Gasteiger partial charge in [0.05, 0.1) is 11.6 Å². The Bertz CT molecular complexity index is 643. The van der Waals surface area contributed by atoms with Crippen molar-refractivity contribution >= 4 is 27.6 Å². The second kappa shape index (κ2) is 6.72. The zero-order valence-corrected chi connectivity index (χ0v) is 13.0. The highest BCUT2D eigenvalue weighted by atomic mass is 79.9. The van der Waals surface area contributed by atoms with Crippen LogP contribution in [0.25, 0.3) is 0 Å². The molecule has 0 fully saturated rings. The standard InChI is InChI=1S/C16H15BrFNO2/c1-10(16(20)21)12-4-2-11(3-5-12)9-19-15-8-13(17)6-7-14(15)18/h2-8,10,19H,9H2,1H3,(H,20,21). The Labute approximate surface area is 130 Å². The fourth-order valence-corrected chi connectivity index (χ4v) is 2.26. The van der Waals surface area contributed by atoms with Crippen LogP contribution in [-0.2, 0) is 11.3 Å². The van der Waals surface area contributed by atoms with E-state index < -0.39 is 11.9 Å². The molecule has 0 heterocycles. The van der Waals surface area contributed by atoms with E-state index in [-0.39, 0.29) is 5.82 Å². The van der Waals surface area contributed by atoms with Crippen molar-refractivity contribution in [2.75, 3.05) is 5.32 Å². The van der Waals surface area contributed by atoms with Crippen LogP contribution in [0, 0.1) is 5.82 Å². The van der Waals surface area contributed by atoms with Crippen LogP contribution in [0.1, 0.15) is 24.0 Å². The zero-order valence-electron chi connectivity index (χ0n) is 11.4. The molecule has 0 aromatic heterocycles. The summed E-state index contributed by atoms with van der Waals surface area (Å²) in [5.41, 5.74) is 2.13. The van der Waals surface area contributed by atoms with Gasteiger partial charge in [-0.05, 0) is 36.2 Å². The van der Waals surface area contributed by atoms with Crippen molar-refractivity contribution in [3.05, 3.63) is 63.9 Å². The molecule has 0 spiro atoms. The van der Waals surface area contributed by atoms with Crippen molar-refractivity contribution in [2.45, 2.75) is 19.4 Å². The van der Waals surface area contributed by atoms with Crippen LogP contribution in [0.5, 0.6) is 0 Å². The fourth-order valence-electron chi connectivity index (χ4n) is 1.90. The van der Waals surface area contributed by atoms with Gasteiger partial charge >= 0.3 is 5.97 Å². The maximum atomic E-state index is 13.6. The van der Waals surface area contributed by atoms with Gasteiger partial charge in [0.1, 0.15) is 5.82 Å². The monoisotopic (exact) mass is 351 g/mol. The lowest BCUT2D eigenvalue weighted by molar-refractivity contribution is -0.138. The van der Waals surface area contributed by atoms with Gasteiger partial charge in [-0.15, -0.1) is 0 Å². The molecule has 0 amide bonds. The minimum atomic E-state index is -0.850. The number of carboxylic acids is 1. The number of halogens is 2. The molecule has 0 bridgehead atoms. The number of hydrogen-bond acceptors (Lipinski definition) is 2. The molecular weight excluding hydrogens is 337 g/mol. The van der Waals surface area contributed by atoms with Crippen molar-refractivity contribution in [2.24, 2.45) is 0 Å². The zero-order chi connectivity index (χ0) is 15.4. The highest BCUT2D eigenvalue weighted by Gasteiger charge is 2.12. The summed E-state index contributed by atoms with van der Waals surface area (Å²) in [4.78, 5) is 10.9. The Balaban J connectivity index is 2.04. The van der Waals surface area contributed by atoms with E-state index in [4.69, 9.17) is 5.11 Å². The molecule has 0 aliphatic rings. The second-order valence-corrected chi connectivity index (χ2v) is 5.69. The average molecular weight is 352 g/mol. The summed E-state index contributed by atoms with van der Waals surface area (Å²) in [6.07, 6.45) is 0. The molecule has 2 aromatic rings.